The highest BCUT2D eigenvalue weighted by molar-refractivity contribution is 7.00. The molecule has 0 amide bonds. The summed E-state index contributed by atoms with van der Waals surface area (Å²) in [5.74, 6) is -0.236. The number of nitrogens with zero attached hydrogens (tertiary/aromatic N) is 1. The summed E-state index contributed by atoms with van der Waals surface area (Å²) in [5, 5.41) is 21.8. The second kappa shape index (κ2) is 15.3. The van der Waals surface area contributed by atoms with Crippen molar-refractivity contribution in [2.24, 2.45) is 5.92 Å². The Labute approximate surface area is 257 Å². The quantitative estimate of drug-likeness (QED) is 0.0950. The first-order valence-electron chi connectivity index (χ1n) is 14.7. The topological polar surface area (TPSA) is 79.5 Å². The van der Waals surface area contributed by atoms with E-state index in [9.17, 15) is 15.2 Å². The summed E-state index contributed by atoms with van der Waals surface area (Å²) in [5.41, 5.74) is 1.04. The normalized spacial score (nSPS) is 13.9. The number of aliphatic hydroxyl groups is 1. The molecule has 0 aliphatic rings. The molecule has 0 aliphatic heterocycles. The standard InChI is InChI=1S/C37H43NO4Si/c1-7-17-28(3)33(39)27-30(20-16-26-38)41-36(40)35-29(18-8-2)19-15-25-34(35)42-43(37(4,5)6,31-21-11-9-12-22-31)32-23-13-10-14-24-32/h7-16,19-25,28,30,33,39H,1-2,17-18,27H2,3-6H3/b20-16+/t28-,30-,33+/m1/s1. The molecule has 0 bridgehead atoms. The van der Waals surface area contributed by atoms with E-state index in [0.29, 0.717) is 24.2 Å². The van der Waals surface area contributed by atoms with E-state index in [2.05, 4.69) is 58.2 Å². The van der Waals surface area contributed by atoms with Gasteiger partial charge in [0.05, 0.1) is 12.2 Å². The van der Waals surface area contributed by atoms with E-state index in [1.54, 1.807) is 12.2 Å². The van der Waals surface area contributed by atoms with E-state index in [-0.39, 0.29) is 17.4 Å². The van der Waals surface area contributed by atoms with Crippen LogP contribution in [0.3, 0.4) is 0 Å². The van der Waals surface area contributed by atoms with Gasteiger partial charge in [-0.05, 0) is 51.9 Å². The van der Waals surface area contributed by atoms with Crippen LogP contribution < -0.4 is 14.8 Å². The van der Waals surface area contributed by atoms with Crippen LogP contribution in [0.1, 0.15) is 56.5 Å². The SMILES string of the molecule is C=CCc1cccc(O[Si](c2ccccc2)(c2ccccc2)C(C)(C)C)c1C(=O)O[C@H](/C=C/C#N)C[C@H](O)[C@H](C)CC=C. The smallest absolute Gasteiger partial charge is 0.342 e. The van der Waals surface area contributed by atoms with Crippen LogP contribution in [0.5, 0.6) is 5.75 Å². The second-order valence-corrected chi connectivity index (χ2v) is 16.0. The molecular weight excluding hydrogens is 550 g/mol. The van der Waals surface area contributed by atoms with Crippen molar-refractivity contribution >= 4 is 24.7 Å². The number of hydrogen-bond acceptors (Lipinski definition) is 5. The molecule has 3 rings (SSSR count). The number of benzene rings is 3. The van der Waals surface area contributed by atoms with Crippen molar-refractivity contribution in [2.45, 2.75) is 64.2 Å². The molecule has 0 radical (unpaired) electrons. The van der Waals surface area contributed by atoms with Gasteiger partial charge in [-0.25, -0.2) is 4.79 Å². The summed E-state index contributed by atoms with van der Waals surface area (Å²) in [4.78, 5) is 14.1. The lowest BCUT2D eigenvalue weighted by molar-refractivity contribution is 0.0192. The predicted octanol–water partition coefficient (Wildman–Crippen LogP) is 6.92. The lowest BCUT2D eigenvalue weighted by atomic mass is 9.96. The highest BCUT2D eigenvalue weighted by atomic mass is 28.4. The summed E-state index contributed by atoms with van der Waals surface area (Å²) in [6, 6.07) is 28.0. The van der Waals surface area contributed by atoms with Gasteiger partial charge in [0.15, 0.2) is 0 Å². The number of aliphatic hydroxyl groups excluding tert-OH is 1. The third kappa shape index (κ3) is 8.01. The summed E-state index contributed by atoms with van der Waals surface area (Å²) < 4.78 is 13.3. The zero-order chi connectivity index (χ0) is 31.5. The van der Waals surface area contributed by atoms with Crippen LogP contribution in [0.15, 0.2) is 116 Å². The lowest BCUT2D eigenvalue weighted by Crippen LogP contribution is -2.69. The molecule has 3 atom stereocenters. The molecule has 3 aromatic carbocycles. The molecule has 0 spiro atoms. The third-order valence-electron chi connectivity index (χ3n) is 7.67. The van der Waals surface area contributed by atoms with Gasteiger partial charge >= 0.3 is 14.3 Å². The van der Waals surface area contributed by atoms with Crippen LogP contribution in [-0.4, -0.2) is 31.6 Å². The van der Waals surface area contributed by atoms with E-state index in [4.69, 9.17) is 9.16 Å². The van der Waals surface area contributed by atoms with Crippen molar-refractivity contribution in [3.05, 3.63) is 127 Å². The Morgan fingerprint density at radius 2 is 1.58 bits per heavy atom. The number of esters is 1. The van der Waals surface area contributed by atoms with Crippen LogP contribution in [0.4, 0.5) is 0 Å². The van der Waals surface area contributed by atoms with Crippen molar-refractivity contribution < 1.29 is 19.1 Å². The van der Waals surface area contributed by atoms with Gasteiger partial charge < -0.3 is 14.3 Å². The largest absolute Gasteiger partial charge is 0.533 e. The van der Waals surface area contributed by atoms with Gasteiger partial charge in [-0.3, -0.25) is 0 Å². The maximum Gasteiger partial charge on any atom is 0.342 e. The number of carbonyl (C=O) groups excluding carboxylic acids is 1. The zero-order valence-electron chi connectivity index (χ0n) is 25.7. The summed E-state index contributed by atoms with van der Waals surface area (Å²) in [7, 11) is -3.06. The molecule has 6 heteroatoms. The molecule has 224 valence electrons. The molecule has 0 unspecified atom stereocenters. The summed E-state index contributed by atoms with van der Waals surface area (Å²) >= 11 is 0. The van der Waals surface area contributed by atoms with Crippen LogP contribution >= 0.6 is 0 Å². The van der Waals surface area contributed by atoms with E-state index >= 15 is 0 Å². The number of rotatable bonds is 14. The summed E-state index contributed by atoms with van der Waals surface area (Å²) in [6.07, 6.45) is 5.91. The van der Waals surface area contributed by atoms with Crippen LogP contribution in [0.25, 0.3) is 0 Å². The molecule has 5 nitrogen and oxygen atoms in total. The first-order valence-corrected chi connectivity index (χ1v) is 16.6. The van der Waals surface area contributed by atoms with Crippen molar-refractivity contribution in [2.75, 3.05) is 0 Å². The highest BCUT2D eigenvalue weighted by Crippen LogP contribution is 2.39. The van der Waals surface area contributed by atoms with Gasteiger partial charge in [-0.1, -0.05) is 113 Å². The minimum atomic E-state index is -3.06. The van der Waals surface area contributed by atoms with E-state index in [1.807, 2.05) is 67.6 Å². The minimum absolute atomic E-state index is 0.0868. The van der Waals surface area contributed by atoms with Crippen LogP contribution in [-0.2, 0) is 11.2 Å². The lowest BCUT2D eigenvalue weighted by Gasteiger charge is -2.43. The third-order valence-corrected chi connectivity index (χ3v) is 12.6. The van der Waals surface area contributed by atoms with Gasteiger partial charge in [0, 0.05) is 12.5 Å². The number of hydrogen-bond donors (Lipinski definition) is 1. The fourth-order valence-electron chi connectivity index (χ4n) is 5.44. The van der Waals surface area contributed by atoms with Crippen molar-refractivity contribution in [3.8, 4) is 11.8 Å². The fraction of sp³-hybridized carbons (Fsp3) is 0.297. The number of carbonyl (C=O) groups is 1. The second-order valence-electron chi connectivity index (χ2n) is 11.8. The Bertz CT molecular complexity index is 1400. The van der Waals surface area contributed by atoms with Crippen LogP contribution in [0, 0.1) is 17.2 Å². The monoisotopic (exact) mass is 593 g/mol. The average molecular weight is 594 g/mol. The minimum Gasteiger partial charge on any atom is -0.533 e. The van der Waals surface area contributed by atoms with E-state index in [0.717, 1.165) is 15.9 Å². The van der Waals surface area contributed by atoms with Gasteiger partial charge in [-0.15, -0.1) is 13.2 Å². The first kappa shape index (κ1) is 33.3. The Morgan fingerprint density at radius 1 is 0.977 bits per heavy atom. The Hall–Kier alpha value is -4.18. The predicted molar refractivity (Wildman–Crippen MR) is 177 cm³/mol. The van der Waals surface area contributed by atoms with Gasteiger partial charge in [0.1, 0.15) is 17.4 Å². The van der Waals surface area contributed by atoms with E-state index < -0.39 is 26.5 Å². The Morgan fingerprint density at radius 3 is 2.09 bits per heavy atom. The molecule has 0 aliphatic carbocycles. The molecule has 3 aromatic rings. The molecule has 0 saturated heterocycles. The van der Waals surface area contributed by atoms with Gasteiger partial charge in [-0.2, -0.15) is 5.26 Å². The maximum absolute atomic E-state index is 14.1. The fourth-order valence-corrected chi connectivity index (χ4v) is 9.87. The first-order chi connectivity index (χ1) is 20.6. The molecule has 0 aromatic heterocycles. The van der Waals surface area contributed by atoms with Crippen molar-refractivity contribution in [1.82, 2.24) is 0 Å². The molecular formula is C37H43NO4Si. The highest BCUT2D eigenvalue weighted by Gasteiger charge is 2.52. The number of nitriles is 1. The molecule has 1 N–H and O–H groups in total. The van der Waals surface area contributed by atoms with Crippen LogP contribution in [0.2, 0.25) is 5.04 Å². The van der Waals surface area contributed by atoms with Gasteiger partial charge in [0.25, 0.3) is 0 Å². The zero-order valence-corrected chi connectivity index (χ0v) is 26.7. The number of allylic oxidation sites excluding steroid dienone is 3. The molecule has 0 fully saturated rings. The van der Waals surface area contributed by atoms with Crippen molar-refractivity contribution in [1.29, 1.82) is 5.26 Å². The average Bonchev–Trinajstić information content (AvgIpc) is 2.99. The van der Waals surface area contributed by atoms with Crippen molar-refractivity contribution in [3.63, 3.8) is 0 Å². The van der Waals surface area contributed by atoms with E-state index in [1.165, 1.54) is 12.2 Å². The Kier molecular flexibility index (Phi) is 11.9. The molecule has 0 heterocycles. The Balaban J connectivity index is 2.17. The maximum atomic E-state index is 14.1. The summed E-state index contributed by atoms with van der Waals surface area (Å²) in [6.45, 7) is 16.1. The number of ether oxygens (including phenoxy) is 1. The molecule has 43 heavy (non-hydrogen) atoms. The van der Waals surface area contributed by atoms with Gasteiger partial charge in [0.2, 0.25) is 0 Å². The molecule has 0 saturated carbocycles.